The largest absolute Gasteiger partial charge is 0.508 e. The first-order valence-electron chi connectivity index (χ1n) is 8.68. The minimum absolute atomic E-state index is 0.0891. The number of hydrogen-bond acceptors (Lipinski definition) is 7. The van der Waals surface area contributed by atoms with E-state index in [1.807, 2.05) is 42.7 Å². The standard InChI is InChI=1S/C20H21N3O4S/c1-12(2)23-19(13-4-7-15(27-3)8-5-13)21-22-20(23)28-11-18(26)16-9-6-14(24)10-17(16)25/h4-10,12,24-25H,11H2,1-3H3. The molecule has 0 aliphatic carbocycles. The lowest BCUT2D eigenvalue weighted by atomic mass is 10.1. The molecular weight excluding hydrogens is 378 g/mol. The molecule has 3 aromatic rings. The molecule has 2 aromatic carbocycles. The van der Waals surface area contributed by atoms with Crippen LogP contribution in [0.3, 0.4) is 0 Å². The summed E-state index contributed by atoms with van der Waals surface area (Å²) < 4.78 is 7.16. The molecular formula is C20H21N3O4S. The zero-order valence-corrected chi connectivity index (χ0v) is 16.6. The van der Waals surface area contributed by atoms with Gasteiger partial charge in [-0.05, 0) is 50.2 Å². The van der Waals surface area contributed by atoms with Crippen LogP contribution in [0.4, 0.5) is 0 Å². The van der Waals surface area contributed by atoms with E-state index in [4.69, 9.17) is 4.74 Å². The normalized spacial score (nSPS) is 11.0. The molecule has 7 nitrogen and oxygen atoms in total. The maximum atomic E-state index is 12.4. The average Bonchev–Trinajstić information content (AvgIpc) is 3.10. The maximum absolute atomic E-state index is 12.4. The van der Waals surface area contributed by atoms with Gasteiger partial charge in [0.1, 0.15) is 17.2 Å². The van der Waals surface area contributed by atoms with Gasteiger partial charge in [0.15, 0.2) is 16.8 Å². The fraction of sp³-hybridized carbons (Fsp3) is 0.250. The van der Waals surface area contributed by atoms with Gasteiger partial charge in [-0.15, -0.1) is 10.2 Å². The van der Waals surface area contributed by atoms with Gasteiger partial charge in [0, 0.05) is 17.7 Å². The summed E-state index contributed by atoms with van der Waals surface area (Å²) in [6.07, 6.45) is 0. The molecule has 1 aromatic heterocycles. The molecule has 0 radical (unpaired) electrons. The monoisotopic (exact) mass is 399 g/mol. The van der Waals surface area contributed by atoms with Crippen LogP contribution in [0.25, 0.3) is 11.4 Å². The molecule has 0 spiro atoms. The number of nitrogens with zero attached hydrogens (tertiary/aromatic N) is 3. The van der Waals surface area contributed by atoms with Gasteiger partial charge in [-0.25, -0.2) is 0 Å². The van der Waals surface area contributed by atoms with Crippen molar-refractivity contribution in [1.82, 2.24) is 14.8 Å². The third-order valence-corrected chi connectivity index (χ3v) is 5.09. The Kier molecular flexibility index (Phi) is 5.89. The second-order valence-corrected chi connectivity index (χ2v) is 7.35. The predicted octanol–water partition coefficient (Wildman–Crippen LogP) is 3.92. The Labute approximate surface area is 167 Å². The van der Waals surface area contributed by atoms with Crippen LogP contribution in [0.15, 0.2) is 47.6 Å². The average molecular weight is 399 g/mol. The number of Topliss-reactive ketones (excluding diaryl/α,β-unsaturated/α-hetero) is 1. The van der Waals surface area contributed by atoms with Crippen molar-refractivity contribution in [2.75, 3.05) is 12.9 Å². The Hall–Kier alpha value is -3.00. The van der Waals surface area contributed by atoms with Crippen molar-refractivity contribution in [2.24, 2.45) is 0 Å². The van der Waals surface area contributed by atoms with E-state index in [0.29, 0.717) is 11.0 Å². The summed E-state index contributed by atoms with van der Waals surface area (Å²) in [4.78, 5) is 12.4. The molecule has 0 aliphatic rings. The van der Waals surface area contributed by atoms with Crippen LogP contribution in [-0.2, 0) is 0 Å². The van der Waals surface area contributed by atoms with E-state index in [1.165, 1.54) is 23.9 Å². The van der Waals surface area contributed by atoms with Crippen molar-refractivity contribution < 1.29 is 19.7 Å². The van der Waals surface area contributed by atoms with Gasteiger partial charge in [-0.2, -0.15) is 0 Å². The summed E-state index contributed by atoms with van der Waals surface area (Å²) in [5.41, 5.74) is 1.06. The Bertz CT molecular complexity index is 984. The summed E-state index contributed by atoms with van der Waals surface area (Å²) in [5.74, 6) is 0.964. The molecule has 0 atom stereocenters. The van der Waals surface area contributed by atoms with E-state index >= 15 is 0 Å². The second kappa shape index (κ2) is 8.35. The number of ketones is 1. The van der Waals surface area contributed by atoms with E-state index in [-0.39, 0.29) is 34.6 Å². The fourth-order valence-corrected chi connectivity index (χ4v) is 3.69. The number of methoxy groups -OCH3 is 1. The molecule has 0 saturated heterocycles. The lowest BCUT2D eigenvalue weighted by molar-refractivity contribution is 0.102. The molecule has 8 heteroatoms. The molecule has 0 bridgehead atoms. The topological polar surface area (TPSA) is 97.5 Å². The number of phenols is 2. The highest BCUT2D eigenvalue weighted by molar-refractivity contribution is 7.99. The van der Waals surface area contributed by atoms with Crippen molar-refractivity contribution in [3.05, 3.63) is 48.0 Å². The van der Waals surface area contributed by atoms with E-state index in [2.05, 4.69) is 10.2 Å². The number of aromatic nitrogens is 3. The van der Waals surface area contributed by atoms with E-state index in [0.717, 1.165) is 17.4 Å². The smallest absolute Gasteiger partial charge is 0.192 e. The zero-order chi connectivity index (χ0) is 20.3. The third-order valence-electron chi connectivity index (χ3n) is 4.14. The van der Waals surface area contributed by atoms with Crippen LogP contribution in [0, 0.1) is 0 Å². The predicted molar refractivity (Wildman–Crippen MR) is 107 cm³/mol. The fourth-order valence-electron chi connectivity index (χ4n) is 2.74. The highest BCUT2D eigenvalue weighted by Gasteiger charge is 2.19. The van der Waals surface area contributed by atoms with E-state index < -0.39 is 0 Å². The molecule has 0 saturated carbocycles. The Morgan fingerprint density at radius 3 is 2.46 bits per heavy atom. The van der Waals surface area contributed by atoms with Crippen molar-refractivity contribution in [3.63, 3.8) is 0 Å². The number of phenolic OH excluding ortho intramolecular Hbond substituents is 2. The lowest BCUT2D eigenvalue weighted by Crippen LogP contribution is -2.08. The number of carbonyl (C=O) groups excluding carboxylic acids is 1. The van der Waals surface area contributed by atoms with Crippen molar-refractivity contribution in [2.45, 2.75) is 25.0 Å². The highest BCUT2D eigenvalue weighted by Crippen LogP contribution is 2.30. The molecule has 2 N–H and O–H groups in total. The Morgan fingerprint density at radius 1 is 1.14 bits per heavy atom. The number of aromatic hydroxyl groups is 2. The Balaban J connectivity index is 1.82. The third kappa shape index (κ3) is 4.12. The van der Waals surface area contributed by atoms with Crippen LogP contribution in [-0.4, -0.2) is 43.6 Å². The number of benzene rings is 2. The lowest BCUT2D eigenvalue weighted by Gasteiger charge is -2.14. The minimum Gasteiger partial charge on any atom is -0.508 e. The SMILES string of the molecule is COc1ccc(-c2nnc(SCC(=O)c3ccc(O)cc3O)n2C(C)C)cc1. The van der Waals surface area contributed by atoms with Crippen LogP contribution in [0.2, 0.25) is 0 Å². The second-order valence-electron chi connectivity index (χ2n) is 6.41. The Morgan fingerprint density at radius 2 is 1.86 bits per heavy atom. The van der Waals surface area contributed by atoms with Crippen molar-refractivity contribution in [3.8, 4) is 28.6 Å². The minimum atomic E-state index is -0.258. The van der Waals surface area contributed by atoms with Gasteiger partial charge in [0.2, 0.25) is 0 Å². The van der Waals surface area contributed by atoms with Gasteiger partial charge in [-0.1, -0.05) is 11.8 Å². The first kappa shape index (κ1) is 19.8. The number of carbonyl (C=O) groups is 1. The van der Waals surface area contributed by atoms with Gasteiger partial charge < -0.3 is 14.9 Å². The summed E-state index contributed by atoms with van der Waals surface area (Å²) >= 11 is 1.26. The summed E-state index contributed by atoms with van der Waals surface area (Å²) in [5, 5.41) is 28.4. The molecule has 1 heterocycles. The van der Waals surface area contributed by atoms with Gasteiger partial charge >= 0.3 is 0 Å². The van der Waals surface area contributed by atoms with Crippen molar-refractivity contribution in [1.29, 1.82) is 0 Å². The molecule has 0 fully saturated rings. The number of ether oxygens (including phenoxy) is 1. The molecule has 0 unspecified atom stereocenters. The zero-order valence-electron chi connectivity index (χ0n) is 15.8. The van der Waals surface area contributed by atoms with E-state index in [9.17, 15) is 15.0 Å². The van der Waals surface area contributed by atoms with Crippen molar-refractivity contribution >= 4 is 17.5 Å². The summed E-state index contributed by atoms with van der Waals surface area (Å²) in [6.45, 7) is 4.04. The summed E-state index contributed by atoms with van der Waals surface area (Å²) in [6, 6.07) is 11.6. The summed E-state index contributed by atoms with van der Waals surface area (Å²) in [7, 11) is 1.61. The van der Waals surface area contributed by atoms with Crippen LogP contribution >= 0.6 is 11.8 Å². The maximum Gasteiger partial charge on any atom is 0.192 e. The molecule has 0 aliphatic heterocycles. The molecule has 0 amide bonds. The molecule has 146 valence electrons. The van der Waals surface area contributed by atoms with Crippen LogP contribution in [0.5, 0.6) is 17.2 Å². The highest BCUT2D eigenvalue weighted by atomic mass is 32.2. The first-order chi connectivity index (χ1) is 13.4. The van der Waals surface area contributed by atoms with Gasteiger partial charge in [-0.3, -0.25) is 9.36 Å². The van der Waals surface area contributed by atoms with E-state index in [1.54, 1.807) is 7.11 Å². The number of thioether (sulfide) groups is 1. The first-order valence-corrected chi connectivity index (χ1v) is 9.66. The molecule has 3 rings (SSSR count). The number of rotatable bonds is 7. The van der Waals surface area contributed by atoms with Gasteiger partial charge in [0.25, 0.3) is 0 Å². The number of hydrogen-bond donors (Lipinski definition) is 2. The quantitative estimate of drug-likeness (QED) is 0.459. The van der Waals surface area contributed by atoms with Crippen LogP contribution in [0.1, 0.15) is 30.2 Å². The van der Waals surface area contributed by atoms with Crippen LogP contribution < -0.4 is 4.74 Å². The van der Waals surface area contributed by atoms with Gasteiger partial charge in [0.05, 0.1) is 18.4 Å². The molecule has 28 heavy (non-hydrogen) atoms.